The molecule has 2 heterocycles. The van der Waals surface area contributed by atoms with E-state index in [1.165, 1.54) is 0 Å². The van der Waals surface area contributed by atoms with Crippen molar-refractivity contribution < 1.29 is 9.59 Å². The van der Waals surface area contributed by atoms with E-state index in [1.807, 2.05) is 19.1 Å². The number of hydrogen-bond acceptors (Lipinski definition) is 3. The van der Waals surface area contributed by atoms with Crippen LogP contribution in [-0.2, 0) is 4.79 Å². The molecule has 1 aliphatic heterocycles. The number of carbonyl (C=O) groups excluding carboxylic acids is 2. The summed E-state index contributed by atoms with van der Waals surface area (Å²) in [5.74, 6) is -0.205. The van der Waals surface area contributed by atoms with E-state index in [0.717, 1.165) is 5.56 Å². The van der Waals surface area contributed by atoms with Crippen molar-refractivity contribution in [2.45, 2.75) is 19.4 Å². The zero-order valence-corrected chi connectivity index (χ0v) is 9.01. The summed E-state index contributed by atoms with van der Waals surface area (Å²) >= 11 is 0. The first-order chi connectivity index (χ1) is 7.68. The van der Waals surface area contributed by atoms with Crippen LogP contribution in [0.25, 0.3) is 0 Å². The smallest absolute Gasteiger partial charge is 0.317 e. The Morgan fingerprint density at radius 2 is 2.06 bits per heavy atom. The third kappa shape index (κ3) is 2.03. The molecule has 5 nitrogen and oxygen atoms in total. The van der Waals surface area contributed by atoms with E-state index in [0.29, 0.717) is 13.0 Å². The van der Waals surface area contributed by atoms with Crippen LogP contribution >= 0.6 is 0 Å². The molecular formula is C11H13N3O2. The van der Waals surface area contributed by atoms with Crippen molar-refractivity contribution in [3.63, 3.8) is 0 Å². The Morgan fingerprint density at radius 1 is 1.38 bits per heavy atom. The van der Waals surface area contributed by atoms with Gasteiger partial charge >= 0.3 is 6.03 Å². The van der Waals surface area contributed by atoms with E-state index in [1.54, 1.807) is 17.3 Å². The van der Waals surface area contributed by atoms with E-state index in [4.69, 9.17) is 0 Å². The molecule has 1 aromatic rings. The van der Waals surface area contributed by atoms with Gasteiger partial charge in [0, 0.05) is 25.4 Å². The molecule has 0 spiro atoms. The van der Waals surface area contributed by atoms with Crippen LogP contribution < -0.4 is 5.32 Å². The van der Waals surface area contributed by atoms with E-state index in [-0.39, 0.29) is 18.0 Å². The average molecular weight is 219 g/mol. The minimum absolute atomic E-state index is 0.0453. The van der Waals surface area contributed by atoms with Crippen LogP contribution in [-0.4, -0.2) is 28.4 Å². The van der Waals surface area contributed by atoms with Crippen LogP contribution in [0.3, 0.4) is 0 Å². The second-order valence-corrected chi connectivity index (χ2v) is 3.75. The topological polar surface area (TPSA) is 62.3 Å². The third-order valence-corrected chi connectivity index (χ3v) is 2.74. The number of pyridine rings is 1. The molecule has 84 valence electrons. The number of nitrogens with one attached hydrogen (secondary N) is 1. The van der Waals surface area contributed by atoms with Gasteiger partial charge in [0.25, 0.3) is 0 Å². The first-order valence-electron chi connectivity index (χ1n) is 5.19. The number of urea groups is 1. The largest absolute Gasteiger partial charge is 0.324 e. The minimum atomic E-state index is -0.319. The Kier molecular flexibility index (Phi) is 2.85. The molecule has 0 bridgehead atoms. The lowest BCUT2D eigenvalue weighted by Crippen LogP contribution is -2.50. The summed E-state index contributed by atoms with van der Waals surface area (Å²) in [6.45, 7) is 2.40. The molecular weight excluding hydrogens is 206 g/mol. The van der Waals surface area contributed by atoms with E-state index in [2.05, 4.69) is 10.3 Å². The minimum Gasteiger partial charge on any atom is -0.317 e. The Balaban J connectivity index is 2.13. The fraction of sp³-hybridized carbons (Fsp3) is 0.364. The van der Waals surface area contributed by atoms with Gasteiger partial charge in [-0.2, -0.15) is 0 Å². The highest BCUT2D eigenvalue weighted by atomic mass is 16.2. The number of aromatic nitrogens is 1. The lowest BCUT2D eigenvalue weighted by molar-refractivity contribution is -0.121. The number of rotatable bonds is 2. The van der Waals surface area contributed by atoms with Crippen LogP contribution in [0.2, 0.25) is 0 Å². The molecule has 0 aromatic carbocycles. The third-order valence-electron chi connectivity index (χ3n) is 2.74. The number of amides is 3. The molecule has 2 rings (SSSR count). The molecule has 1 fully saturated rings. The normalized spacial score (nSPS) is 18.2. The highest BCUT2D eigenvalue weighted by molar-refractivity contribution is 5.96. The molecule has 1 atom stereocenters. The molecule has 1 unspecified atom stereocenters. The van der Waals surface area contributed by atoms with E-state index in [9.17, 15) is 9.59 Å². The molecule has 1 N–H and O–H groups in total. The van der Waals surface area contributed by atoms with Crippen molar-refractivity contribution in [2.24, 2.45) is 0 Å². The Bertz CT molecular complexity index is 405. The van der Waals surface area contributed by atoms with Crippen LogP contribution in [0.15, 0.2) is 24.5 Å². The number of nitrogens with zero attached hydrogens (tertiary/aromatic N) is 2. The van der Waals surface area contributed by atoms with Gasteiger partial charge in [0.2, 0.25) is 5.91 Å². The monoisotopic (exact) mass is 219 g/mol. The van der Waals surface area contributed by atoms with Crippen molar-refractivity contribution in [3.8, 4) is 0 Å². The summed E-state index contributed by atoms with van der Waals surface area (Å²) in [4.78, 5) is 28.2. The zero-order chi connectivity index (χ0) is 11.5. The molecule has 0 aliphatic carbocycles. The Morgan fingerprint density at radius 3 is 2.69 bits per heavy atom. The van der Waals surface area contributed by atoms with Crippen molar-refractivity contribution >= 4 is 11.9 Å². The van der Waals surface area contributed by atoms with Gasteiger partial charge in [-0.05, 0) is 24.6 Å². The summed E-state index contributed by atoms with van der Waals surface area (Å²) in [5, 5.41) is 2.31. The molecule has 3 amide bonds. The maximum atomic E-state index is 11.6. The fourth-order valence-electron chi connectivity index (χ4n) is 1.77. The Labute approximate surface area is 93.5 Å². The second kappa shape index (κ2) is 4.30. The van der Waals surface area contributed by atoms with Crippen molar-refractivity contribution in [2.75, 3.05) is 6.54 Å². The summed E-state index contributed by atoms with van der Waals surface area (Å²) < 4.78 is 0. The van der Waals surface area contributed by atoms with Gasteiger partial charge in [-0.15, -0.1) is 0 Å². The van der Waals surface area contributed by atoms with Crippen LogP contribution in [0.1, 0.15) is 24.9 Å². The summed E-state index contributed by atoms with van der Waals surface area (Å²) in [6.07, 6.45) is 3.75. The van der Waals surface area contributed by atoms with Crippen LogP contribution in [0.5, 0.6) is 0 Å². The summed E-state index contributed by atoms with van der Waals surface area (Å²) in [5.41, 5.74) is 1.01. The maximum absolute atomic E-state index is 11.6. The molecule has 1 aromatic heterocycles. The standard InChI is InChI=1S/C11H13N3O2/c1-8(9-2-5-12-6-3-9)14-7-4-10(15)13-11(14)16/h2-3,5-6,8H,4,7H2,1H3,(H,13,15,16). The lowest BCUT2D eigenvalue weighted by atomic mass is 10.1. The first-order valence-corrected chi connectivity index (χ1v) is 5.19. The summed E-state index contributed by atoms with van der Waals surface area (Å²) in [6, 6.07) is 3.37. The van der Waals surface area contributed by atoms with E-state index >= 15 is 0 Å². The van der Waals surface area contributed by atoms with Gasteiger partial charge in [-0.1, -0.05) is 0 Å². The molecule has 0 radical (unpaired) electrons. The quantitative estimate of drug-likeness (QED) is 0.809. The lowest BCUT2D eigenvalue weighted by Gasteiger charge is -2.32. The predicted octanol–water partition coefficient (Wildman–Crippen LogP) is 1.08. The van der Waals surface area contributed by atoms with Gasteiger partial charge < -0.3 is 4.90 Å². The average Bonchev–Trinajstić information content (AvgIpc) is 2.29. The molecule has 1 saturated heterocycles. The first kappa shape index (κ1) is 10.6. The Hall–Kier alpha value is -1.91. The number of imide groups is 1. The van der Waals surface area contributed by atoms with Crippen molar-refractivity contribution in [1.29, 1.82) is 0 Å². The molecule has 16 heavy (non-hydrogen) atoms. The van der Waals surface area contributed by atoms with Gasteiger partial charge in [0.05, 0.1) is 6.04 Å². The van der Waals surface area contributed by atoms with Gasteiger partial charge in [-0.25, -0.2) is 4.79 Å². The zero-order valence-electron chi connectivity index (χ0n) is 9.01. The van der Waals surface area contributed by atoms with Crippen molar-refractivity contribution in [1.82, 2.24) is 15.2 Å². The predicted molar refractivity (Wildman–Crippen MR) is 57.5 cm³/mol. The number of carbonyl (C=O) groups is 2. The fourth-order valence-corrected chi connectivity index (χ4v) is 1.77. The molecule has 5 heteroatoms. The van der Waals surface area contributed by atoms with Crippen LogP contribution in [0, 0.1) is 0 Å². The summed E-state index contributed by atoms with van der Waals surface area (Å²) in [7, 11) is 0. The number of hydrogen-bond donors (Lipinski definition) is 1. The van der Waals surface area contributed by atoms with Crippen LogP contribution in [0.4, 0.5) is 4.79 Å². The highest BCUT2D eigenvalue weighted by Crippen LogP contribution is 2.21. The molecule has 1 aliphatic rings. The van der Waals surface area contributed by atoms with Gasteiger partial charge in [0.15, 0.2) is 0 Å². The van der Waals surface area contributed by atoms with Gasteiger partial charge in [-0.3, -0.25) is 15.1 Å². The van der Waals surface area contributed by atoms with Gasteiger partial charge in [0.1, 0.15) is 0 Å². The SMILES string of the molecule is CC(c1ccncc1)N1CCC(=O)NC1=O. The highest BCUT2D eigenvalue weighted by Gasteiger charge is 2.27. The van der Waals surface area contributed by atoms with E-state index < -0.39 is 0 Å². The molecule has 0 saturated carbocycles. The second-order valence-electron chi connectivity index (χ2n) is 3.75. The maximum Gasteiger partial charge on any atom is 0.324 e. The van der Waals surface area contributed by atoms with Crippen molar-refractivity contribution in [3.05, 3.63) is 30.1 Å².